The highest BCUT2D eigenvalue weighted by atomic mass is 16.6. The standard InChI is InChI=1S/C21H30O5/c1-5-21(2,3)20(23)26-18-12-7-11(17(18)24-4)14-9-6-10(15(12)14)16-13(9)8-25-19(16)22/h9-18H,5-8H2,1-4H3. The summed E-state index contributed by atoms with van der Waals surface area (Å²) in [4.78, 5) is 25.0. The summed E-state index contributed by atoms with van der Waals surface area (Å²) in [6.45, 7) is 6.54. The Balaban J connectivity index is 1.42. The molecule has 1 heterocycles. The first-order valence-corrected chi connectivity index (χ1v) is 10.3. The lowest BCUT2D eigenvalue weighted by Crippen LogP contribution is -2.50. The zero-order chi connectivity index (χ0) is 18.4. The molecule has 4 saturated carbocycles. The Kier molecular flexibility index (Phi) is 3.58. The van der Waals surface area contributed by atoms with Gasteiger partial charge in [0.1, 0.15) is 6.10 Å². The van der Waals surface area contributed by atoms with Crippen molar-refractivity contribution in [3.05, 3.63) is 0 Å². The number of hydrogen-bond donors (Lipinski definition) is 0. The van der Waals surface area contributed by atoms with E-state index in [-0.39, 0.29) is 30.1 Å². The zero-order valence-corrected chi connectivity index (χ0v) is 16.1. The monoisotopic (exact) mass is 362 g/mol. The van der Waals surface area contributed by atoms with Crippen LogP contribution in [0.25, 0.3) is 0 Å². The summed E-state index contributed by atoms with van der Waals surface area (Å²) in [7, 11) is 1.75. The molecule has 4 aliphatic carbocycles. The second-order valence-corrected chi connectivity index (χ2v) is 9.91. The van der Waals surface area contributed by atoms with E-state index in [0.717, 1.165) is 19.3 Å². The van der Waals surface area contributed by atoms with Crippen LogP contribution in [0, 0.1) is 52.8 Å². The maximum Gasteiger partial charge on any atom is 0.311 e. The van der Waals surface area contributed by atoms with E-state index in [1.807, 2.05) is 20.8 Å². The smallest absolute Gasteiger partial charge is 0.311 e. The Hall–Kier alpha value is -1.10. The summed E-state index contributed by atoms with van der Waals surface area (Å²) in [5, 5.41) is 0. The van der Waals surface area contributed by atoms with E-state index >= 15 is 0 Å². The first-order chi connectivity index (χ1) is 12.4. The molecule has 5 fully saturated rings. The second-order valence-electron chi connectivity index (χ2n) is 9.91. The van der Waals surface area contributed by atoms with Gasteiger partial charge in [-0.3, -0.25) is 9.59 Å². The molecule has 1 saturated heterocycles. The number of carbonyl (C=O) groups excluding carboxylic acids is 2. The van der Waals surface area contributed by atoms with Gasteiger partial charge in [0, 0.05) is 18.9 Å². The van der Waals surface area contributed by atoms with Crippen LogP contribution >= 0.6 is 0 Å². The van der Waals surface area contributed by atoms with Gasteiger partial charge in [-0.25, -0.2) is 0 Å². The largest absolute Gasteiger partial charge is 0.465 e. The third-order valence-corrected chi connectivity index (χ3v) is 8.79. The molecule has 10 atom stereocenters. The number of hydrogen-bond acceptors (Lipinski definition) is 5. The minimum absolute atomic E-state index is 0.00804. The third kappa shape index (κ3) is 1.96. The van der Waals surface area contributed by atoms with Crippen molar-refractivity contribution in [1.82, 2.24) is 0 Å². The van der Waals surface area contributed by atoms with Crippen LogP contribution < -0.4 is 0 Å². The lowest BCUT2D eigenvalue weighted by molar-refractivity contribution is -0.178. The van der Waals surface area contributed by atoms with Crippen LogP contribution in [0.5, 0.6) is 0 Å². The van der Waals surface area contributed by atoms with Crippen LogP contribution in [0.4, 0.5) is 0 Å². The number of esters is 2. The van der Waals surface area contributed by atoms with Crippen molar-refractivity contribution in [2.45, 2.75) is 52.2 Å². The van der Waals surface area contributed by atoms with Crippen molar-refractivity contribution >= 4 is 11.9 Å². The number of ether oxygens (including phenoxy) is 3. The lowest BCUT2D eigenvalue weighted by atomic mass is 9.63. The Bertz CT molecular complexity index is 642. The predicted molar refractivity (Wildman–Crippen MR) is 92.9 cm³/mol. The average molecular weight is 362 g/mol. The summed E-state index contributed by atoms with van der Waals surface area (Å²) < 4.78 is 17.4. The fourth-order valence-corrected chi connectivity index (χ4v) is 7.40. The van der Waals surface area contributed by atoms with Crippen LogP contribution in [0.2, 0.25) is 0 Å². The molecule has 0 aromatic heterocycles. The van der Waals surface area contributed by atoms with E-state index in [1.165, 1.54) is 0 Å². The first-order valence-electron chi connectivity index (χ1n) is 10.3. The van der Waals surface area contributed by atoms with Crippen LogP contribution in [-0.4, -0.2) is 37.9 Å². The average Bonchev–Trinajstić information content (AvgIpc) is 3.37. The van der Waals surface area contributed by atoms with Crippen LogP contribution in [0.3, 0.4) is 0 Å². The molecule has 5 heteroatoms. The van der Waals surface area contributed by atoms with Gasteiger partial charge in [-0.15, -0.1) is 0 Å². The van der Waals surface area contributed by atoms with Gasteiger partial charge in [0.05, 0.1) is 24.0 Å². The summed E-state index contributed by atoms with van der Waals surface area (Å²) in [5.41, 5.74) is -0.464. The number of rotatable bonds is 4. The van der Waals surface area contributed by atoms with E-state index in [1.54, 1.807) is 7.11 Å². The fraction of sp³-hybridized carbons (Fsp3) is 0.905. The molecular weight excluding hydrogens is 332 g/mol. The van der Waals surface area contributed by atoms with Crippen molar-refractivity contribution in [3.63, 3.8) is 0 Å². The first kappa shape index (κ1) is 17.0. The highest BCUT2D eigenvalue weighted by Gasteiger charge is 2.73. The highest BCUT2D eigenvalue weighted by molar-refractivity contribution is 5.77. The van der Waals surface area contributed by atoms with Crippen molar-refractivity contribution in [3.8, 4) is 0 Å². The lowest BCUT2D eigenvalue weighted by Gasteiger charge is -2.44. The molecular formula is C21H30O5. The summed E-state index contributed by atoms with van der Waals surface area (Å²) in [6.07, 6.45) is 2.86. The Morgan fingerprint density at radius 1 is 1.08 bits per heavy atom. The maximum atomic E-state index is 12.7. The SMILES string of the molecule is CCC(C)(C)C(=O)OC1C2CC(C1OC)C1C3CC(C4C(=O)OCC34)C21. The van der Waals surface area contributed by atoms with Gasteiger partial charge in [-0.1, -0.05) is 6.92 Å². The molecule has 5 nitrogen and oxygen atoms in total. The minimum atomic E-state index is -0.464. The molecule has 4 bridgehead atoms. The van der Waals surface area contributed by atoms with Crippen molar-refractivity contribution < 1.29 is 23.8 Å². The molecule has 26 heavy (non-hydrogen) atoms. The molecule has 0 aromatic carbocycles. The molecule has 0 amide bonds. The van der Waals surface area contributed by atoms with E-state index in [0.29, 0.717) is 48.0 Å². The molecule has 0 aromatic rings. The molecule has 0 radical (unpaired) electrons. The van der Waals surface area contributed by atoms with Gasteiger partial charge in [-0.05, 0) is 62.7 Å². The fourth-order valence-electron chi connectivity index (χ4n) is 7.40. The van der Waals surface area contributed by atoms with E-state index in [2.05, 4.69) is 0 Å². The quantitative estimate of drug-likeness (QED) is 0.568. The van der Waals surface area contributed by atoms with Crippen LogP contribution in [0.1, 0.15) is 40.0 Å². The van der Waals surface area contributed by atoms with Gasteiger partial charge >= 0.3 is 11.9 Å². The summed E-state index contributed by atoms with van der Waals surface area (Å²) in [5.74, 6) is 3.39. The number of methoxy groups -OCH3 is 1. The summed E-state index contributed by atoms with van der Waals surface area (Å²) in [6, 6.07) is 0. The second kappa shape index (κ2) is 5.46. The van der Waals surface area contributed by atoms with Gasteiger partial charge in [0.2, 0.25) is 0 Å². The van der Waals surface area contributed by atoms with Crippen LogP contribution in [0.15, 0.2) is 0 Å². The molecule has 0 N–H and O–H groups in total. The van der Waals surface area contributed by atoms with Gasteiger partial charge in [0.15, 0.2) is 0 Å². The summed E-state index contributed by atoms with van der Waals surface area (Å²) >= 11 is 0. The van der Waals surface area contributed by atoms with Gasteiger partial charge in [-0.2, -0.15) is 0 Å². The van der Waals surface area contributed by atoms with Gasteiger partial charge < -0.3 is 14.2 Å². The van der Waals surface area contributed by atoms with Gasteiger partial charge in [0.25, 0.3) is 0 Å². The van der Waals surface area contributed by atoms with E-state index in [9.17, 15) is 9.59 Å². The maximum absolute atomic E-state index is 12.7. The molecule has 5 aliphatic rings. The molecule has 1 aliphatic heterocycles. The van der Waals surface area contributed by atoms with Crippen molar-refractivity contribution in [2.24, 2.45) is 52.8 Å². The molecule has 0 spiro atoms. The Morgan fingerprint density at radius 3 is 2.42 bits per heavy atom. The van der Waals surface area contributed by atoms with E-state index in [4.69, 9.17) is 14.2 Å². The Labute approximate surface area is 155 Å². The number of carbonyl (C=O) groups is 2. The topological polar surface area (TPSA) is 61.8 Å². The molecule has 10 unspecified atom stereocenters. The molecule has 144 valence electrons. The zero-order valence-electron chi connectivity index (χ0n) is 16.1. The Morgan fingerprint density at radius 2 is 1.73 bits per heavy atom. The highest BCUT2D eigenvalue weighted by Crippen LogP contribution is 2.71. The van der Waals surface area contributed by atoms with Crippen LogP contribution in [-0.2, 0) is 23.8 Å². The van der Waals surface area contributed by atoms with Crippen molar-refractivity contribution in [2.75, 3.05) is 13.7 Å². The molecule has 5 rings (SSSR count). The van der Waals surface area contributed by atoms with E-state index < -0.39 is 5.41 Å². The minimum Gasteiger partial charge on any atom is -0.465 e. The predicted octanol–water partition coefficient (Wildman–Crippen LogP) is 2.67. The number of cyclic esters (lactones) is 1. The third-order valence-electron chi connectivity index (χ3n) is 8.79. The normalized spacial score (nSPS) is 50.7. The van der Waals surface area contributed by atoms with Crippen molar-refractivity contribution in [1.29, 1.82) is 0 Å². The number of fused-ring (bicyclic) bond motifs is 12.